The van der Waals surface area contributed by atoms with Crippen molar-refractivity contribution in [1.29, 1.82) is 0 Å². The smallest absolute Gasteiger partial charge is 0.276 e. The minimum atomic E-state index is -0.282. The molecule has 0 spiro atoms. The van der Waals surface area contributed by atoms with Crippen molar-refractivity contribution in [3.8, 4) is 11.3 Å². The second-order valence-electron chi connectivity index (χ2n) is 6.51. The number of hydrogen-bond acceptors (Lipinski definition) is 6. The van der Waals surface area contributed by atoms with E-state index in [1.165, 1.54) is 0 Å². The lowest BCUT2D eigenvalue weighted by molar-refractivity contribution is 0.102. The molecule has 0 unspecified atom stereocenters. The zero-order valence-electron chi connectivity index (χ0n) is 15.6. The first kappa shape index (κ1) is 18.1. The topological polar surface area (TPSA) is 80.2 Å². The van der Waals surface area contributed by atoms with Gasteiger partial charge in [-0.1, -0.05) is 18.2 Å². The number of nitrogens with one attached hydrogen (secondary N) is 1. The second-order valence-corrected chi connectivity index (χ2v) is 6.51. The summed E-state index contributed by atoms with van der Waals surface area (Å²) in [5, 5.41) is 2.85. The molecule has 0 saturated carbocycles. The summed E-state index contributed by atoms with van der Waals surface area (Å²) in [6.45, 7) is 4.87. The van der Waals surface area contributed by atoms with E-state index in [4.69, 9.17) is 4.74 Å². The highest BCUT2D eigenvalue weighted by Crippen LogP contribution is 2.21. The lowest BCUT2D eigenvalue weighted by Crippen LogP contribution is -2.36. The van der Waals surface area contributed by atoms with Crippen LogP contribution in [0.3, 0.4) is 0 Å². The normalized spacial score (nSPS) is 14.0. The quantitative estimate of drug-likeness (QED) is 0.755. The van der Waals surface area contributed by atoms with Crippen molar-refractivity contribution in [2.45, 2.75) is 6.92 Å². The lowest BCUT2D eigenvalue weighted by atomic mass is 10.2. The van der Waals surface area contributed by atoms with Crippen molar-refractivity contribution >= 4 is 17.4 Å². The summed E-state index contributed by atoms with van der Waals surface area (Å²) >= 11 is 0. The Morgan fingerprint density at radius 2 is 1.82 bits per heavy atom. The van der Waals surface area contributed by atoms with Crippen LogP contribution < -0.4 is 10.2 Å². The van der Waals surface area contributed by atoms with Gasteiger partial charge in [0.05, 0.1) is 30.8 Å². The number of carbonyl (C=O) groups is 1. The number of nitrogens with zero attached hydrogens (tertiary/aromatic N) is 4. The third-order valence-corrected chi connectivity index (χ3v) is 4.58. The van der Waals surface area contributed by atoms with Crippen LogP contribution in [0.1, 0.15) is 16.2 Å². The number of rotatable bonds is 4. The number of anilines is 2. The number of aromatic nitrogens is 3. The fourth-order valence-corrected chi connectivity index (χ4v) is 3.03. The molecule has 4 rings (SSSR count). The molecule has 1 aromatic carbocycles. The van der Waals surface area contributed by atoms with Gasteiger partial charge in [-0.15, -0.1) is 0 Å². The van der Waals surface area contributed by atoms with Crippen LogP contribution in [0.5, 0.6) is 0 Å². The van der Waals surface area contributed by atoms with Crippen LogP contribution in [0.2, 0.25) is 0 Å². The zero-order valence-corrected chi connectivity index (χ0v) is 15.6. The SMILES string of the molecule is Cc1ncc(-c2ccc(N3CCOCC3)nc2)nc1C(=O)Nc1ccccc1. The average Bonchev–Trinajstić information content (AvgIpc) is 2.75. The Kier molecular flexibility index (Phi) is 5.25. The summed E-state index contributed by atoms with van der Waals surface area (Å²) in [7, 11) is 0. The fraction of sp³-hybridized carbons (Fsp3) is 0.238. The monoisotopic (exact) mass is 375 g/mol. The van der Waals surface area contributed by atoms with Gasteiger partial charge in [-0.3, -0.25) is 9.78 Å². The van der Waals surface area contributed by atoms with Crippen LogP contribution in [-0.2, 0) is 4.74 Å². The van der Waals surface area contributed by atoms with Gasteiger partial charge in [0.2, 0.25) is 0 Å². The summed E-state index contributed by atoms with van der Waals surface area (Å²) in [5.41, 5.74) is 3.03. The molecule has 1 saturated heterocycles. The number of para-hydroxylation sites is 1. The number of carbonyl (C=O) groups excluding carboxylic acids is 1. The predicted molar refractivity (Wildman–Crippen MR) is 107 cm³/mol. The van der Waals surface area contributed by atoms with E-state index in [0.29, 0.717) is 30.3 Å². The van der Waals surface area contributed by atoms with E-state index in [0.717, 1.165) is 30.2 Å². The Morgan fingerprint density at radius 1 is 1.04 bits per heavy atom. The minimum Gasteiger partial charge on any atom is -0.378 e. The van der Waals surface area contributed by atoms with Gasteiger partial charge in [0.25, 0.3) is 5.91 Å². The van der Waals surface area contributed by atoms with E-state index < -0.39 is 0 Å². The number of aryl methyl sites for hydroxylation is 1. The zero-order chi connectivity index (χ0) is 19.3. The highest BCUT2D eigenvalue weighted by molar-refractivity contribution is 6.03. The standard InChI is InChI=1S/C21H21N5O2/c1-15-20(21(27)24-17-5-3-2-4-6-17)25-18(14-22-15)16-7-8-19(23-13-16)26-9-11-28-12-10-26/h2-8,13-14H,9-12H2,1H3,(H,24,27). The molecule has 3 aromatic rings. The van der Waals surface area contributed by atoms with E-state index in [9.17, 15) is 4.79 Å². The molecule has 3 heterocycles. The van der Waals surface area contributed by atoms with Crippen LogP contribution in [0, 0.1) is 6.92 Å². The van der Waals surface area contributed by atoms with E-state index in [-0.39, 0.29) is 5.91 Å². The number of benzene rings is 1. The van der Waals surface area contributed by atoms with E-state index in [1.807, 2.05) is 42.5 Å². The number of morpholine rings is 1. The molecular weight excluding hydrogens is 354 g/mol. The molecule has 0 atom stereocenters. The number of amides is 1. The first-order valence-electron chi connectivity index (χ1n) is 9.20. The molecule has 1 amide bonds. The van der Waals surface area contributed by atoms with Crippen molar-refractivity contribution in [2.75, 3.05) is 36.5 Å². The molecule has 142 valence electrons. The van der Waals surface area contributed by atoms with Crippen LogP contribution in [0.4, 0.5) is 11.5 Å². The molecule has 1 aliphatic heterocycles. The maximum Gasteiger partial charge on any atom is 0.276 e. The van der Waals surface area contributed by atoms with Crippen molar-refractivity contribution in [2.24, 2.45) is 0 Å². The van der Waals surface area contributed by atoms with Crippen LogP contribution in [-0.4, -0.2) is 47.2 Å². The molecule has 0 aliphatic carbocycles. The largest absolute Gasteiger partial charge is 0.378 e. The summed E-state index contributed by atoms with van der Waals surface area (Å²) in [6.07, 6.45) is 3.43. The van der Waals surface area contributed by atoms with E-state index in [2.05, 4.69) is 25.2 Å². The Balaban J connectivity index is 1.55. The molecule has 1 aliphatic rings. The minimum absolute atomic E-state index is 0.282. The first-order valence-corrected chi connectivity index (χ1v) is 9.20. The van der Waals surface area contributed by atoms with Gasteiger partial charge in [0, 0.05) is 30.5 Å². The predicted octanol–water partition coefficient (Wildman–Crippen LogP) is 2.94. The van der Waals surface area contributed by atoms with Crippen LogP contribution in [0.25, 0.3) is 11.3 Å². The summed E-state index contributed by atoms with van der Waals surface area (Å²) in [4.78, 5) is 28.2. The Labute approximate surface area is 163 Å². The second kappa shape index (κ2) is 8.14. The van der Waals surface area contributed by atoms with E-state index in [1.54, 1.807) is 19.3 Å². The van der Waals surface area contributed by atoms with Gasteiger partial charge < -0.3 is 15.0 Å². The van der Waals surface area contributed by atoms with Gasteiger partial charge in [0.1, 0.15) is 11.5 Å². The van der Waals surface area contributed by atoms with Gasteiger partial charge in [-0.05, 0) is 31.2 Å². The Morgan fingerprint density at radius 3 is 2.54 bits per heavy atom. The van der Waals surface area contributed by atoms with Crippen molar-refractivity contribution in [1.82, 2.24) is 15.0 Å². The van der Waals surface area contributed by atoms with Crippen molar-refractivity contribution < 1.29 is 9.53 Å². The third kappa shape index (κ3) is 3.99. The molecule has 0 bridgehead atoms. The highest BCUT2D eigenvalue weighted by Gasteiger charge is 2.16. The molecule has 7 nitrogen and oxygen atoms in total. The Hall–Kier alpha value is -3.32. The summed E-state index contributed by atoms with van der Waals surface area (Å²) in [5.74, 6) is 0.630. The molecule has 1 fully saturated rings. The maximum absolute atomic E-state index is 12.6. The molecule has 28 heavy (non-hydrogen) atoms. The summed E-state index contributed by atoms with van der Waals surface area (Å²) in [6, 6.07) is 13.2. The third-order valence-electron chi connectivity index (χ3n) is 4.58. The van der Waals surface area contributed by atoms with Gasteiger partial charge in [-0.25, -0.2) is 9.97 Å². The highest BCUT2D eigenvalue weighted by atomic mass is 16.5. The molecule has 1 N–H and O–H groups in total. The van der Waals surface area contributed by atoms with Gasteiger partial charge >= 0.3 is 0 Å². The Bertz CT molecular complexity index is 954. The van der Waals surface area contributed by atoms with Crippen molar-refractivity contribution in [3.63, 3.8) is 0 Å². The van der Waals surface area contributed by atoms with Crippen LogP contribution in [0.15, 0.2) is 54.9 Å². The average molecular weight is 375 g/mol. The fourth-order valence-electron chi connectivity index (χ4n) is 3.03. The molecule has 0 radical (unpaired) electrons. The van der Waals surface area contributed by atoms with Gasteiger partial charge in [0.15, 0.2) is 0 Å². The van der Waals surface area contributed by atoms with Gasteiger partial charge in [-0.2, -0.15) is 0 Å². The van der Waals surface area contributed by atoms with Crippen molar-refractivity contribution in [3.05, 3.63) is 66.2 Å². The number of pyridine rings is 1. The number of hydrogen-bond donors (Lipinski definition) is 1. The summed E-state index contributed by atoms with van der Waals surface area (Å²) < 4.78 is 5.38. The van der Waals surface area contributed by atoms with Crippen LogP contribution >= 0.6 is 0 Å². The maximum atomic E-state index is 12.6. The lowest BCUT2D eigenvalue weighted by Gasteiger charge is -2.27. The van der Waals surface area contributed by atoms with E-state index >= 15 is 0 Å². The molecule has 7 heteroatoms. The first-order chi connectivity index (χ1) is 13.7. The number of ether oxygens (including phenoxy) is 1. The molecule has 2 aromatic heterocycles. The molecular formula is C21H21N5O2.